The number of nitrogens with one attached hydrogen (secondary N) is 1. The van der Waals surface area contributed by atoms with Crippen molar-refractivity contribution in [2.24, 2.45) is 5.92 Å². The van der Waals surface area contributed by atoms with Gasteiger partial charge in [-0.1, -0.05) is 23.2 Å². The highest BCUT2D eigenvalue weighted by molar-refractivity contribution is 7.89. The Morgan fingerprint density at radius 2 is 2.00 bits per heavy atom. The smallest absolute Gasteiger partial charge is 0.243 e. The van der Waals surface area contributed by atoms with Gasteiger partial charge in [0.15, 0.2) is 0 Å². The molecular weight excluding hydrogens is 447 g/mol. The lowest BCUT2D eigenvalue weighted by atomic mass is 9.99. The van der Waals surface area contributed by atoms with E-state index in [1.165, 1.54) is 4.31 Å². The van der Waals surface area contributed by atoms with Crippen LogP contribution in [0.2, 0.25) is 10.0 Å². The average Bonchev–Trinajstić information content (AvgIpc) is 2.71. The van der Waals surface area contributed by atoms with Gasteiger partial charge in [-0.05, 0) is 68.7 Å². The molecule has 1 amide bonds. The molecule has 2 aromatic carbocycles. The number of amides is 1. The summed E-state index contributed by atoms with van der Waals surface area (Å²) in [6.07, 6.45) is 1.20. The van der Waals surface area contributed by atoms with E-state index in [1.54, 1.807) is 36.4 Å². The quantitative estimate of drug-likeness (QED) is 0.661. The lowest BCUT2D eigenvalue weighted by molar-refractivity contribution is -0.120. The molecule has 162 valence electrons. The lowest BCUT2D eigenvalue weighted by Gasteiger charge is -2.31. The number of nitrogens with zero attached hydrogens (tertiary/aromatic N) is 1. The molecule has 1 aliphatic rings. The van der Waals surface area contributed by atoms with Crippen molar-refractivity contribution in [1.82, 2.24) is 4.31 Å². The first-order valence-corrected chi connectivity index (χ1v) is 11.9. The van der Waals surface area contributed by atoms with Crippen LogP contribution in [-0.2, 0) is 14.8 Å². The standard InChI is InChI=1S/C21H24Cl2N2O4S/c1-3-29-20-9-7-17(11-14(20)2)30(27,28)25-10-4-5-15(13-25)21(26)24-19-8-6-16(22)12-18(19)23/h6-9,11-12,15H,3-5,10,13H2,1-2H3,(H,24,26)/t15-/m0/s1. The molecule has 0 aliphatic carbocycles. The molecule has 0 bridgehead atoms. The zero-order valence-corrected chi connectivity index (χ0v) is 19.1. The Kier molecular flexibility index (Phi) is 7.29. The molecule has 1 aliphatic heterocycles. The third kappa shape index (κ3) is 5.09. The monoisotopic (exact) mass is 470 g/mol. The second kappa shape index (κ2) is 9.56. The van der Waals surface area contributed by atoms with E-state index >= 15 is 0 Å². The van der Waals surface area contributed by atoms with E-state index in [1.807, 2.05) is 13.8 Å². The first-order chi connectivity index (χ1) is 14.2. The molecule has 1 saturated heterocycles. The molecule has 0 radical (unpaired) electrons. The highest BCUT2D eigenvalue weighted by Crippen LogP contribution is 2.29. The second-order valence-corrected chi connectivity index (χ2v) is 9.96. The maximum absolute atomic E-state index is 13.1. The summed E-state index contributed by atoms with van der Waals surface area (Å²) >= 11 is 12.0. The maximum atomic E-state index is 13.1. The third-order valence-corrected chi connectivity index (χ3v) is 7.44. The van der Waals surface area contributed by atoms with E-state index in [0.717, 1.165) is 5.56 Å². The van der Waals surface area contributed by atoms with Crippen LogP contribution in [0.25, 0.3) is 0 Å². The van der Waals surface area contributed by atoms with Crippen LogP contribution in [0.4, 0.5) is 5.69 Å². The van der Waals surface area contributed by atoms with Gasteiger partial charge >= 0.3 is 0 Å². The van der Waals surface area contributed by atoms with Crippen LogP contribution in [0, 0.1) is 12.8 Å². The molecule has 1 atom stereocenters. The highest BCUT2D eigenvalue weighted by atomic mass is 35.5. The van der Waals surface area contributed by atoms with Crippen molar-refractivity contribution in [3.63, 3.8) is 0 Å². The molecule has 0 aromatic heterocycles. The van der Waals surface area contributed by atoms with Crippen molar-refractivity contribution in [2.75, 3.05) is 25.0 Å². The summed E-state index contributed by atoms with van der Waals surface area (Å²) in [5.74, 6) is -0.0711. The van der Waals surface area contributed by atoms with Crippen molar-refractivity contribution in [3.05, 3.63) is 52.0 Å². The molecule has 30 heavy (non-hydrogen) atoms. The largest absolute Gasteiger partial charge is 0.494 e. The number of carbonyl (C=O) groups is 1. The summed E-state index contributed by atoms with van der Waals surface area (Å²) < 4.78 is 33.2. The number of anilines is 1. The minimum atomic E-state index is -3.72. The third-order valence-electron chi connectivity index (χ3n) is 5.03. The molecule has 1 N–H and O–H groups in total. The van der Waals surface area contributed by atoms with Gasteiger partial charge in [-0.2, -0.15) is 4.31 Å². The maximum Gasteiger partial charge on any atom is 0.243 e. The minimum Gasteiger partial charge on any atom is -0.494 e. The number of sulfonamides is 1. The molecule has 1 fully saturated rings. The molecule has 1 heterocycles. The lowest BCUT2D eigenvalue weighted by Crippen LogP contribution is -2.43. The fourth-order valence-electron chi connectivity index (χ4n) is 3.45. The molecule has 0 spiro atoms. The number of hydrogen-bond acceptors (Lipinski definition) is 4. The number of piperidine rings is 1. The van der Waals surface area contributed by atoms with Gasteiger partial charge in [-0.25, -0.2) is 8.42 Å². The Morgan fingerprint density at radius 1 is 1.23 bits per heavy atom. The number of ether oxygens (including phenoxy) is 1. The van der Waals surface area contributed by atoms with Crippen molar-refractivity contribution >= 4 is 44.8 Å². The van der Waals surface area contributed by atoms with Crippen molar-refractivity contribution in [3.8, 4) is 5.75 Å². The van der Waals surface area contributed by atoms with Crippen LogP contribution >= 0.6 is 23.2 Å². The summed E-state index contributed by atoms with van der Waals surface area (Å²) in [4.78, 5) is 12.9. The van der Waals surface area contributed by atoms with E-state index in [4.69, 9.17) is 27.9 Å². The Morgan fingerprint density at radius 3 is 2.67 bits per heavy atom. The zero-order valence-electron chi connectivity index (χ0n) is 16.8. The Labute approximate surface area is 187 Å². The second-order valence-electron chi connectivity index (χ2n) is 7.18. The number of halogens is 2. The first-order valence-electron chi connectivity index (χ1n) is 9.72. The average molecular weight is 471 g/mol. The normalized spacial score (nSPS) is 17.5. The van der Waals surface area contributed by atoms with Crippen LogP contribution in [0.1, 0.15) is 25.3 Å². The summed E-state index contributed by atoms with van der Waals surface area (Å²) in [5, 5.41) is 3.59. The van der Waals surface area contributed by atoms with Gasteiger partial charge in [0.1, 0.15) is 5.75 Å². The molecule has 3 rings (SSSR count). The van der Waals surface area contributed by atoms with Crippen molar-refractivity contribution in [1.29, 1.82) is 0 Å². The summed E-state index contributed by atoms with van der Waals surface area (Å²) in [7, 11) is -3.72. The van der Waals surface area contributed by atoms with E-state index < -0.39 is 15.9 Å². The van der Waals surface area contributed by atoms with Gasteiger partial charge in [0, 0.05) is 18.1 Å². The first kappa shape index (κ1) is 22.9. The van der Waals surface area contributed by atoms with Gasteiger partial charge in [0.05, 0.1) is 28.1 Å². The summed E-state index contributed by atoms with van der Waals surface area (Å²) in [6.45, 7) is 4.69. The summed E-state index contributed by atoms with van der Waals surface area (Å²) in [6, 6.07) is 9.63. The SMILES string of the molecule is CCOc1ccc(S(=O)(=O)N2CCC[C@H](C(=O)Nc3ccc(Cl)cc3Cl)C2)cc1C. The van der Waals surface area contributed by atoms with Gasteiger partial charge in [-0.3, -0.25) is 4.79 Å². The van der Waals surface area contributed by atoms with E-state index in [9.17, 15) is 13.2 Å². The Bertz CT molecular complexity index is 1040. The van der Waals surface area contributed by atoms with Gasteiger partial charge < -0.3 is 10.1 Å². The number of hydrogen-bond donors (Lipinski definition) is 1. The van der Waals surface area contributed by atoms with Crippen molar-refractivity contribution in [2.45, 2.75) is 31.6 Å². The highest BCUT2D eigenvalue weighted by Gasteiger charge is 2.33. The molecule has 0 unspecified atom stereocenters. The van der Waals surface area contributed by atoms with Crippen molar-refractivity contribution < 1.29 is 17.9 Å². The van der Waals surface area contributed by atoms with Gasteiger partial charge in [0.25, 0.3) is 0 Å². The fraction of sp³-hybridized carbons (Fsp3) is 0.381. The predicted octanol–water partition coefficient (Wildman–Crippen LogP) is 4.74. The van der Waals surface area contributed by atoms with Crippen LogP contribution in [-0.4, -0.2) is 38.3 Å². The zero-order chi connectivity index (χ0) is 21.9. The molecule has 9 heteroatoms. The number of benzene rings is 2. The van der Waals surface area contributed by atoms with E-state index in [0.29, 0.717) is 47.5 Å². The van der Waals surface area contributed by atoms with Crippen LogP contribution in [0.5, 0.6) is 5.75 Å². The molecule has 6 nitrogen and oxygen atoms in total. The number of aryl methyl sites for hydroxylation is 1. The van der Waals surface area contributed by atoms with E-state index in [2.05, 4.69) is 5.32 Å². The minimum absolute atomic E-state index is 0.117. The Balaban J connectivity index is 1.74. The van der Waals surface area contributed by atoms with Crippen LogP contribution in [0.15, 0.2) is 41.3 Å². The number of carbonyl (C=O) groups excluding carboxylic acids is 1. The van der Waals surface area contributed by atoms with Crippen LogP contribution in [0.3, 0.4) is 0 Å². The molecule has 2 aromatic rings. The number of rotatable bonds is 6. The Hall–Kier alpha value is -1.80. The molecule has 0 saturated carbocycles. The van der Waals surface area contributed by atoms with Gasteiger partial charge in [-0.15, -0.1) is 0 Å². The van der Waals surface area contributed by atoms with Gasteiger partial charge in [0.2, 0.25) is 15.9 Å². The van der Waals surface area contributed by atoms with E-state index in [-0.39, 0.29) is 17.3 Å². The predicted molar refractivity (Wildman–Crippen MR) is 119 cm³/mol. The molecular formula is C21H24Cl2N2O4S. The topological polar surface area (TPSA) is 75.7 Å². The summed E-state index contributed by atoms with van der Waals surface area (Å²) in [5.41, 5.74) is 1.20. The van der Waals surface area contributed by atoms with Crippen LogP contribution < -0.4 is 10.1 Å². The fourth-order valence-corrected chi connectivity index (χ4v) is 5.51.